The molecule has 4 bridgehead atoms. The molecule has 1 aromatic rings. The van der Waals surface area contributed by atoms with Gasteiger partial charge in [-0.25, -0.2) is 0 Å². The fourth-order valence-corrected chi connectivity index (χ4v) is 7.07. The van der Waals surface area contributed by atoms with Crippen LogP contribution in [0.5, 0.6) is 0 Å². The molecule has 2 amide bonds. The van der Waals surface area contributed by atoms with Crippen LogP contribution in [-0.2, 0) is 23.2 Å². The van der Waals surface area contributed by atoms with Crippen molar-refractivity contribution in [2.45, 2.75) is 91.1 Å². The number of carbonyl (C=O) groups excluding carboxylic acids is 2. The molecular formula is C27H43N3O2. The highest BCUT2D eigenvalue weighted by Crippen LogP contribution is 2.60. The maximum atomic E-state index is 14.1. The molecular weight excluding hydrogens is 398 g/mol. The maximum absolute atomic E-state index is 14.1. The lowest BCUT2D eigenvalue weighted by Gasteiger charge is -2.57. The number of hydrogen-bond acceptors (Lipinski definition) is 2. The van der Waals surface area contributed by atoms with E-state index >= 15 is 0 Å². The van der Waals surface area contributed by atoms with Gasteiger partial charge in [0, 0.05) is 31.5 Å². The predicted molar refractivity (Wildman–Crippen MR) is 128 cm³/mol. The molecule has 4 aliphatic carbocycles. The molecule has 1 atom stereocenters. The number of aryl methyl sites for hydroxylation is 1. The minimum atomic E-state index is -0.190. The molecule has 32 heavy (non-hydrogen) atoms. The summed E-state index contributed by atoms with van der Waals surface area (Å²) < 4.78 is 2.08. The molecule has 4 fully saturated rings. The van der Waals surface area contributed by atoms with Crippen molar-refractivity contribution in [2.75, 3.05) is 13.1 Å². The van der Waals surface area contributed by atoms with E-state index in [-0.39, 0.29) is 29.8 Å². The highest BCUT2D eigenvalue weighted by atomic mass is 16.2. The van der Waals surface area contributed by atoms with Crippen molar-refractivity contribution in [1.29, 1.82) is 0 Å². The van der Waals surface area contributed by atoms with Crippen molar-refractivity contribution >= 4 is 11.8 Å². The minimum absolute atomic E-state index is 0.0954. The Hall–Kier alpha value is -1.78. The average Bonchev–Trinajstić information content (AvgIpc) is 3.17. The van der Waals surface area contributed by atoms with Gasteiger partial charge in [0.05, 0.1) is 12.0 Å². The number of nitrogens with zero attached hydrogens (tertiary/aromatic N) is 3. The second kappa shape index (κ2) is 9.61. The summed E-state index contributed by atoms with van der Waals surface area (Å²) in [6.45, 7) is 8.01. The summed E-state index contributed by atoms with van der Waals surface area (Å²) in [5.41, 5.74) is 0.946. The van der Waals surface area contributed by atoms with Crippen molar-refractivity contribution in [3.63, 3.8) is 0 Å². The van der Waals surface area contributed by atoms with Gasteiger partial charge >= 0.3 is 0 Å². The zero-order valence-electron chi connectivity index (χ0n) is 20.7. The largest absolute Gasteiger partial charge is 0.353 e. The first kappa shape index (κ1) is 23.4. The Morgan fingerprint density at radius 1 is 1.12 bits per heavy atom. The van der Waals surface area contributed by atoms with Gasteiger partial charge in [0.1, 0.15) is 6.54 Å². The van der Waals surface area contributed by atoms with Crippen LogP contribution in [0.4, 0.5) is 0 Å². The van der Waals surface area contributed by atoms with Gasteiger partial charge in [0.15, 0.2) is 0 Å². The monoisotopic (exact) mass is 441 g/mol. The summed E-state index contributed by atoms with van der Waals surface area (Å²) in [5, 5.41) is 0. The van der Waals surface area contributed by atoms with Crippen LogP contribution in [0.1, 0.15) is 84.3 Å². The summed E-state index contributed by atoms with van der Waals surface area (Å²) in [5.74, 6) is 2.58. The molecule has 5 nitrogen and oxygen atoms in total. The Kier molecular flexibility index (Phi) is 7.02. The number of hydrogen-bond donors (Lipinski definition) is 0. The topological polar surface area (TPSA) is 45.6 Å². The molecule has 0 aromatic carbocycles. The van der Waals surface area contributed by atoms with E-state index in [1.54, 1.807) is 0 Å². The van der Waals surface area contributed by atoms with Gasteiger partial charge in [0.25, 0.3) is 0 Å². The molecule has 5 rings (SSSR count). The third-order valence-corrected chi connectivity index (χ3v) is 8.72. The lowest BCUT2D eigenvalue weighted by molar-refractivity contribution is -0.162. The van der Waals surface area contributed by atoms with Crippen molar-refractivity contribution in [2.24, 2.45) is 30.2 Å². The number of aromatic nitrogens is 1. The lowest BCUT2D eigenvalue weighted by Crippen LogP contribution is -2.57. The van der Waals surface area contributed by atoms with Gasteiger partial charge in [-0.3, -0.25) is 9.59 Å². The molecule has 1 aromatic heterocycles. The number of amides is 2. The Labute approximate surface area is 194 Å². The van der Waals surface area contributed by atoms with Gasteiger partial charge in [-0.1, -0.05) is 20.3 Å². The molecule has 4 saturated carbocycles. The molecule has 0 aliphatic heterocycles. The Balaban J connectivity index is 1.51. The third-order valence-electron chi connectivity index (χ3n) is 8.72. The third kappa shape index (κ3) is 4.63. The van der Waals surface area contributed by atoms with Crippen LogP contribution >= 0.6 is 0 Å². The Morgan fingerprint density at radius 3 is 2.25 bits per heavy atom. The van der Waals surface area contributed by atoms with E-state index in [1.807, 2.05) is 29.1 Å². The highest BCUT2D eigenvalue weighted by Gasteiger charge is 2.56. The van der Waals surface area contributed by atoms with Crippen molar-refractivity contribution in [3.05, 3.63) is 24.0 Å². The predicted octanol–water partition coefficient (Wildman–Crippen LogP) is 5.00. The van der Waals surface area contributed by atoms with E-state index in [0.717, 1.165) is 68.5 Å². The van der Waals surface area contributed by atoms with E-state index in [0.29, 0.717) is 6.54 Å². The standard InChI is InChI=1S/C27H43N3O2/c1-5-7-11-29(18-24-9-8-10-28(24)4)25(31)19-30(20(3)6-2)26(32)27-15-21-12-22(16-27)14-23(13-21)17-27/h8-10,20-23H,5-7,11-19H2,1-4H3/t20-,21?,22?,23?,27?/m0/s1. The smallest absolute Gasteiger partial charge is 0.242 e. The summed E-state index contributed by atoms with van der Waals surface area (Å²) >= 11 is 0. The van der Waals surface area contributed by atoms with Crippen LogP contribution in [0, 0.1) is 23.2 Å². The molecule has 5 heteroatoms. The van der Waals surface area contributed by atoms with Gasteiger partial charge in [-0.2, -0.15) is 0 Å². The second-order valence-electron chi connectivity index (χ2n) is 11.2. The lowest BCUT2D eigenvalue weighted by atomic mass is 9.49. The van der Waals surface area contributed by atoms with E-state index < -0.39 is 0 Å². The summed E-state index contributed by atoms with van der Waals surface area (Å²) in [6, 6.07) is 4.21. The van der Waals surface area contributed by atoms with E-state index in [9.17, 15) is 9.59 Å². The van der Waals surface area contributed by atoms with Crippen molar-refractivity contribution < 1.29 is 9.59 Å². The summed E-state index contributed by atoms with van der Waals surface area (Å²) in [6.07, 6.45) is 12.1. The fraction of sp³-hybridized carbons (Fsp3) is 0.778. The highest BCUT2D eigenvalue weighted by molar-refractivity contribution is 5.88. The molecule has 178 valence electrons. The number of carbonyl (C=O) groups is 2. The second-order valence-corrected chi connectivity index (χ2v) is 11.2. The Bertz CT molecular complexity index is 778. The van der Waals surface area contributed by atoms with Crippen LogP contribution in [-0.4, -0.2) is 45.3 Å². The van der Waals surface area contributed by atoms with Gasteiger partial charge in [0.2, 0.25) is 11.8 Å². The van der Waals surface area contributed by atoms with Crippen LogP contribution in [0.15, 0.2) is 18.3 Å². The number of rotatable bonds is 10. The zero-order valence-corrected chi connectivity index (χ0v) is 20.7. The Morgan fingerprint density at radius 2 is 1.75 bits per heavy atom. The molecule has 0 N–H and O–H groups in total. The van der Waals surface area contributed by atoms with Crippen LogP contribution in [0.25, 0.3) is 0 Å². The van der Waals surface area contributed by atoms with E-state index in [2.05, 4.69) is 31.4 Å². The SMILES string of the molecule is CCCCN(Cc1cccn1C)C(=O)CN(C(=O)C12CC3CC(CC(C3)C1)C2)[C@@H](C)CC. The first-order valence-electron chi connectivity index (χ1n) is 13.0. The fourth-order valence-electron chi connectivity index (χ4n) is 7.07. The first-order valence-corrected chi connectivity index (χ1v) is 13.0. The molecule has 0 unspecified atom stereocenters. The normalized spacial score (nSPS) is 29.2. The van der Waals surface area contributed by atoms with Crippen LogP contribution in [0.3, 0.4) is 0 Å². The van der Waals surface area contributed by atoms with Crippen molar-refractivity contribution in [3.8, 4) is 0 Å². The van der Waals surface area contributed by atoms with Crippen LogP contribution in [0.2, 0.25) is 0 Å². The average molecular weight is 442 g/mol. The first-order chi connectivity index (χ1) is 15.3. The van der Waals surface area contributed by atoms with Gasteiger partial charge in [-0.05, 0) is 88.2 Å². The maximum Gasteiger partial charge on any atom is 0.242 e. The molecule has 0 spiro atoms. The van der Waals surface area contributed by atoms with Gasteiger partial charge in [-0.15, -0.1) is 0 Å². The summed E-state index contributed by atoms with van der Waals surface area (Å²) in [4.78, 5) is 31.6. The van der Waals surface area contributed by atoms with Gasteiger partial charge < -0.3 is 14.4 Å². The molecule has 1 heterocycles. The quantitative estimate of drug-likeness (QED) is 0.513. The van der Waals surface area contributed by atoms with E-state index in [1.165, 1.54) is 19.3 Å². The minimum Gasteiger partial charge on any atom is -0.353 e. The van der Waals surface area contributed by atoms with Crippen molar-refractivity contribution in [1.82, 2.24) is 14.4 Å². The van der Waals surface area contributed by atoms with E-state index in [4.69, 9.17) is 0 Å². The number of unbranched alkanes of at least 4 members (excludes halogenated alkanes) is 1. The molecule has 0 radical (unpaired) electrons. The summed E-state index contributed by atoms with van der Waals surface area (Å²) in [7, 11) is 2.03. The zero-order chi connectivity index (χ0) is 22.9. The molecule has 4 aliphatic rings. The molecule has 0 saturated heterocycles. The van der Waals surface area contributed by atoms with Crippen LogP contribution < -0.4 is 0 Å².